The molecule has 2 aliphatic rings. The first kappa shape index (κ1) is 18.3. The number of nitrogens with zero attached hydrogens (tertiary/aromatic N) is 1. The lowest BCUT2D eigenvalue weighted by Crippen LogP contribution is -2.52. The lowest BCUT2D eigenvalue weighted by Gasteiger charge is -2.32. The van der Waals surface area contributed by atoms with Gasteiger partial charge in [-0.3, -0.25) is 9.59 Å². The van der Waals surface area contributed by atoms with E-state index < -0.39 is 5.91 Å². The average Bonchev–Trinajstić information content (AvgIpc) is 3.16. The number of hydrogen-bond donors (Lipinski definition) is 2. The average molecular weight is 379 g/mol. The van der Waals surface area contributed by atoms with Crippen molar-refractivity contribution in [3.8, 4) is 11.8 Å². The molecule has 1 amide bonds. The topological polar surface area (TPSA) is 104 Å². The molecule has 1 aromatic heterocycles. The number of aryl methyl sites for hydroxylation is 2. The molecule has 7 heteroatoms. The Morgan fingerprint density at radius 1 is 1.29 bits per heavy atom. The highest BCUT2D eigenvalue weighted by Crippen LogP contribution is 2.21. The Morgan fingerprint density at radius 2 is 2.11 bits per heavy atom. The first-order chi connectivity index (χ1) is 13.6. The van der Waals surface area contributed by atoms with Crippen LogP contribution in [0, 0.1) is 11.3 Å². The summed E-state index contributed by atoms with van der Waals surface area (Å²) in [5, 5.41) is 11.8. The van der Waals surface area contributed by atoms with Crippen LogP contribution in [0.1, 0.15) is 40.0 Å². The van der Waals surface area contributed by atoms with Crippen molar-refractivity contribution in [2.75, 3.05) is 13.2 Å². The third-order valence-electron chi connectivity index (χ3n) is 5.21. The van der Waals surface area contributed by atoms with E-state index in [4.69, 9.17) is 14.7 Å². The number of fused-ring (bicyclic) bond motifs is 1. The zero-order valence-corrected chi connectivity index (χ0v) is 15.4. The smallest absolute Gasteiger partial charge is 0.261 e. The van der Waals surface area contributed by atoms with Crippen molar-refractivity contribution in [2.24, 2.45) is 0 Å². The summed E-state index contributed by atoms with van der Waals surface area (Å²) in [6.07, 6.45) is 3.06. The van der Waals surface area contributed by atoms with Gasteiger partial charge in [0.25, 0.3) is 11.5 Å². The summed E-state index contributed by atoms with van der Waals surface area (Å²) >= 11 is 0. The highest BCUT2D eigenvalue weighted by molar-refractivity contribution is 5.94. The Balaban J connectivity index is 1.48. The van der Waals surface area contributed by atoms with Crippen LogP contribution in [0.3, 0.4) is 0 Å². The minimum absolute atomic E-state index is 0.128. The van der Waals surface area contributed by atoms with Crippen LogP contribution >= 0.6 is 0 Å². The van der Waals surface area contributed by atoms with Gasteiger partial charge < -0.3 is 19.8 Å². The largest absolute Gasteiger partial charge is 0.488 e. The van der Waals surface area contributed by atoms with E-state index in [0.29, 0.717) is 30.9 Å². The van der Waals surface area contributed by atoms with Gasteiger partial charge in [-0.15, -0.1) is 0 Å². The Kier molecular flexibility index (Phi) is 5.13. The number of H-pyrrole nitrogens is 1. The van der Waals surface area contributed by atoms with E-state index in [1.807, 2.05) is 0 Å². The number of nitriles is 1. The molecular formula is C21H21N3O4. The summed E-state index contributed by atoms with van der Waals surface area (Å²) in [6, 6.07) is 10.2. The minimum Gasteiger partial charge on any atom is -0.488 e. The predicted molar refractivity (Wildman–Crippen MR) is 101 cm³/mol. The van der Waals surface area contributed by atoms with Crippen molar-refractivity contribution in [1.82, 2.24) is 10.3 Å². The summed E-state index contributed by atoms with van der Waals surface area (Å²) < 4.78 is 11.5. The molecular weight excluding hydrogens is 358 g/mol. The molecule has 2 N–H and O–H groups in total. The fourth-order valence-electron chi connectivity index (χ4n) is 3.70. The predicted octanol–water partition coefficient (Wildman–Crippen LogP) is 1.70. The molecule has 0 spiro atoms. The number of benzene rings is 1. The number of aromatic nitrogens is 1. The number of ether oxygens (including phenoxy) is 2. The molecule has 7 nitrogen and oxygen atoms in total. The van der Waals surface area contributed by atoms with Gasteiger partial charge in [-0.1, -0.05) is 0 Å². The van der Waals surface area contributed by atoms with E-state index in [9.17, 15) is 9.59 Å². The van der Waals surface area contributed by atoms with Crippen LogP contribution in [-0.4, -0.2) is 36.3 Å². The summed E-state index contributed by atoms with van der Waals surface area (Å²) in [7, 11) is 0. The van der Waals surface area contributed by atoms with Crippen molar-refractivity contribution in [3.63, 3.8) is 0 Å². The lowest BCUT2D eigenvalue weighted by atomic mass is 10.1. The quantitative estimate of drug-likeness (QED) is 0.841. The van der Waals surface area contributed by atoms with E-state index in [1.165, 1.54) is 0 Å². The monoisotopic (exact) mass is 379 g/mol. The zero-order valence-electron chi connectivity index (χ0n) is 15.4. The summed E-state index contributed by atoms with van der Waals surface area (Å²) in [5.41, 5.74) is 2.29. The van der Waals surface area contributed by atoms with Gasteiger partial charge in [-0.25, -0.2) is 0 Å². The van der Waals surface area contributed by atoms with Gasteiger partial charge in [0.15, 0.2) is 0 Å². The van der Waals surface area contributed by atoms with Crippen molar-refractivity contribution >= 4 is 5.91 Å². The van der Waals surface area contributed by atoms with Gasteiger partial charge in [0.1, 0.15) is 17.4 Å². The molecule has 1 fully saturated rings. The SMILES string of the molecule is N#Cc1ccc(O[C@@H]2CCOC[C@H]2NC(=O)c2cc3c([nH]c2=O)CCC3)cc1. The number of aromatic amines is 1. The molecule has 28 heavy (non-hydrogen) atoms. The van der Waals surface area contributed by atoms with Crippen molar-refractivity contribution in [2.45, 2.75) is 37.8 Å². The van der Waals surface area contributed by atoms with Gasteiger partial charge in [0, 0.05) is 12.1 Å². The lowest BCUT2D eigenvalue weighted by molar-refractivity contribution is -0.00290. The summed E-state index contributed by atoms with van der Waals surface area (Å²) in [5.74, 6) is 0.209. The molecule has 2 atom stereocenters. The second kappa shape index (κ2) is 7.87. The number of amides is 1. The Hall–Kier alpha value is -3.11. The van der Waals surface area contributed by atoms with Crippen LogP contribution in [0.2, 0.25) is 0 Å². The zero-order chi connectivity index (χ0) is 19.5. The first-order valence-electron chi connectivity index (χ1n) is 9.44. The molecule has 0 unspecified atom stereocenters. The van der Waals surface area contributed by atoms with Crippen LogP contribution in [0.15, 0.2) is 35.1 Å². The molecule has 2 aromatic rings. The maximum absolute atomic E-state index is 12.7. The number of pyridine rings is 1. The van der Waals surface area contributed by atoms with Crippen LogP contribution < -0.4 is 15.6 Å². The molecule has 4 rings (SSSR count). The molecule has 1 aromatic carbocycles. The molecule has 1 saturated heterocycles. The summed E-state index contributed by atoms with van der Waals surface area (Å²) in [4.78, 5) is 27.9. The maximum Gasteiger partial charge on any atom is 0.261 e. The van der Waals surface area contributed by atoms with Crippen LogP contribution in [0.25, 0.3) is 0 Å². The van der Waals surface area contributed by atoms with Crippen molar-refractivity contribution < 1.29 is 14.3 Å². The molecule has 1 aliphatic carbocycles. The highest BCUT2D eigenvalue weighted by atomic mass is 16.5. The first-order valence-corrected chi connectivity index (χ1v) is 9.44. The molecule has 1 aliphatic heterocycles. The highest BCUT2D eigenvalue weighted by Gasteiger charge is 2.30. The fourth-order valence-corrected chi connectivity index (χ4v) is 3.70. The van der Waals surface area contributed by atoms with Gasteiger partial charge in [0.2, 0.25) is 0 Å². The third-order valence-corrected chi connectivity index (χ3v) is 5.21. The molecule has 2 heterocycles. The Bertz CT molecular complexity index is 975. The third kappa shape index (κ3) is 3.78. The van der Waals surface area contributed by atoms with E-state index in [-0.39, 0.29) is 23.3 Å². The molecule has 144 valence electrons. The number of carbonyl (C=O) groups excluding carboxylic acids is 1. The van der Waals surface area contributed by atoms with Crippen LogP contribution in [0.5, 0.6) is 5.75 Å². The molecule has 0 bridgehead atoms. The Labute approximate surface area is 162 Å². The number of hydrogen-bond acceptors (Lipinski definition) is 5. The maximum atomic E-state index is 12.7. The second-order valence-electron chi connectivity index (χ2n) is 7.11. The normalized spacial score (nSPS) is 20.8. The van der Waals surface area contributed by atoms with Crippen LogP contribution in [0.4, 0.5) is 0 Å². The van der Waals surface area contributed by atoms with E-state index in [2.05, 4.69) is 16.4 Å². The van der Waals surface area contributed by atoms with Gasteiger partial charge in [-0.05, 0) is 55.2 Å². The second-order valence-corrected chi connectivity index (χ2v) is 7.11. The standard InChI is InChI=1S/C21H21N3O4/c22-11-13-4-6-15(7-5-13)28-19-8-9-27-12-18(19)24-21(26)16-10-14-2-1-3-17(14)23-20(16)25/h4-7,10,18-19H,1-3,8-9,12H2,(H,23,25)(H,24,26)/t18-,19-/m1/s1. The fraction of sp³-hybridized carbons (Fsp3) is 0.381. The minimum atomic E-state index is -0.417. The van der Waals surface area contributed by atoms with Gasteiger partial charge >= 0.3 is 0 Å². The Morgan fingerprint density at radius 3 is 2.89 bits per heavy atom. The number of rotatable bonds is 4. The van der Waals surface area contributed by atoms with Gasteiger partial charge in [0.05, 0.1) is 30.9 Å². The van der Waals surface area contributed by atoms with Crippen molar-refractivity contribution in [1.29, 1.82) is 5.26 Å². The summed E-state index contributed by atoms with van der Waals surface area (Å²) in [6.45, 7) is 0.849. The van der Waals surface area contributed by atoms with Crippen LogP contribution in [-0.2, 0) is 17.6 Å². The van der Waals surface area contributed by atoms with Gasteiger partial charge in [-0.2, -0.15) is 5.26 Å². The van der Waals surface area contributed by atoms with E-state index in [0.717, 1.165) is 30.5 Å². The van der Waals surface area contributed by atoms with E-state index in [1.54, 1.807) is 30.3 Å². The van der Waals surface area contributed by atoms with E-state index >= 15 is 0 Å². The molecule has 0 saturated carbocycles. The number of nitrogens with one attached hydrogen (secondary N) is 2. The number of carbonyl (C=O) groups is 1. The molecule has 0 radical (unpaired) electrons. The van der Waals surface area contributed by atoms with Crippen molar-refractivity contribution in [3.05, 3.63) is 63.1 Å².